The molecule has 2 aliphatic heterocycles. The van der Waals surface area contributed by atoms with Crippen LogP contribution in [0.5, 0.6) is 11.5 Å². The number of ether oxygens (including phenoxy) is 1. The summed E-state index contributed by atoms with van der Waals surface area (Å²) in [7, 11) is 0. The first kappa shape index (κ1) is 32.6. The maximum absolute atomic E-state index is 6.64. The lowest BCUT2D eigenvalue weighted by Gasteiger charge is -2.45. The number of aryl methyl sites for hydroxylation is 1. The SMILES string of the molecule is Cc1cccc2c1N1c3cc(N(c4ccccc4)c4ccc5c(c4)C(c4ccccc4)(c4ccccc4)c4ccccc4-5)ccc3C(C)(C)c3cccc(c31)O2. The van der Waals surface area contributed by atoms with Crippen LogP contribution in [0.25, 0.3) is 11.1 Å². The molecule has 0 amide bonds. The third-order valence-electron chi connectivity index (χ3n) is 12.4. The van der Waals surface area contributed by atoms with E-state index in [9.17, 15) is 0 Å². The van der Waals surface area contributed by atoms with Crippen molar-refractivity contribution in [2.24, 2.45) is 0 Å². The van der Waals surface area contributed by atoms with Crippen molar-refractivity contribution in [2.75, 3.05) is 9.80 Å². The van der Waals surface area contributed by atoms with Crippen LogP contribution in [-0.2, 0) is 10.8 Å². The highest BCUT2D eigenvalue weighted by molar-refractivity contribution is 5.96. The average molecular weight is 721 g/mol. The summed E-state index contributed by atoms with van der Waals surface area (Å²) in [5, 5.41) is 0. The molecule has 3 heteroatoms. The summed E-state index contributed by atoms with van der Waals surface area (Å²) in [5.41, 5.74) is 17.3. The van der Waals surface area contributed by atoms with E-state index in [1.54, 1.807) is 0 Å². The lowest BCUT2D eigenvalue weighted by atomic mass is 9.67. The number of anilines is 6. The van der Waals surface area contributed by atoms with Crippen molar-refractivity contribution < 1.29 is 4.74 Å². The molecule has 0 N–H and O–H groups in total. The van der Waals surface area contributed by atoms with Gasteiger partial charge in [0.1, 0.15) is 0 Å². The molecule has 0 spiro atoms. The Morgan fingerprint density at radius 3 is 1.75 bits per heavy atom. The molecule has 0 bridgehead atoms. The van der Waals surface area contributed by atoms with E-state index >= 15 is 0 Å². The Labute approximate surface area is 328 Å². The van der Waals surface area contributed by atoms with Gasteiger partial charge in [0, 0.05) is 22.5 Å². The summed E-state index contributed by atoms with van der Waals surface area (Å²) in [6.07, 6.45) is 0. The molecule has 8 aromatic carbocycles. The quantitative estimate of drug-likeness (QED) is 0.176. The Morgan fingerprint density at radius 2 is 1.02 bits per heavy atom. The molecule has 268 valence electrons. The maximum atomic E-state index is 6.64. The molecule has 0 unspecified atom stereocenters. The Kier molecular flexibility index (Phi) is 7.03. The molecule has 0 atom stereocenters. The minimum Gasteiger partial charge on any atom is -0.453 e. The predicted octanol–water partition coefficient (Wildman–Crippen LogP) is 14.0. The summed E-state index contributed by atoms with van der Waals surface area (Å²) < 4.78 is 6.64. The summed E-state index contributed by atoms with van der Waals surface area (Å²) >= 11 is 0. The van der Waals surface area contributed by atoms with Gasteiger partial charge in [0.25, 0.3) is 0 Å². The van der Waals surface area contributed by atoms with Crippen LogP contribution in [0.4, 0.5) is 34.1 Å². The van der Waals surface area contributed by atoms with Crippen LogP contribution >= 0.6 is 0 Å². The lowest BCUT2D eigenvalue weighted by molar-refractivity contribution is 0.471. The Balaban J connectivity index is 1.17. The highest BCUT2D eigenvalue weighted by Crippen LogP contribution is 2.62. The van der Waals surface area contributed by atoms with Gasteiger partial charge in [0.05, 0.1) is 22.5 Å². The minimum absolute atomic E-state index is 0.249. The zero-order valence-corrected chi connectivity index (χ0v) is 31.7. The molecule has 1 aliphatic carbocycles. The molecule has 0 radical (unpaired) electrons. The highest BCUT2D eigenvalue weighted by atomic mass is 16.5. The first-order valence-corrected chi connectivity index (χ1v) is 19.5. The van der Waals surface area contributed by atoms with E-state index in [4.69, 9.17) is 4.74 Å². The largest absolute Gasteiger partial charge is 0.453 e. The molecular formula is C53H40N2O. The van der Waals surface area contributed by atoms with Crippen LogP contribution in [0.1, 0.15) is 52.8 Å². The van der Waals surface area contributed by atoms with Crippen molar-refractivity contribution in [3.05, 3.63) is 227 Å². The molecule has 0 fully saturated rings. The van der Waals surface area contributed by atoms with Crippen LogP contribution in [0, 0.1) is 6.92 Å². The van der Waals surface area contributed by atoms with E-state index in [1.165, 1.54) is 55.8 Å². The predicted molar refractivity (Wildman–Crippen MR) is 230 cm³/mol. The zero-order chi connectivity index (χ0) is 37.6. The second-order valence-corrected chi connectivity index (χ2v) is 15.8. The van der Waals surface area contributed by atoms with E-state index in [1.807, 2.05) is 0 Å². The first-order valence-electron chi connectivity index (χ1n) is 19.5. The van der Waals surface area contributed by atoms with Crippen molar-refractivity contribution in [3.8, 4) is 22.6 Å². The molecule has 8 aromatic rings. The number of para-hydroxylation sites is 3. The van der Waals surface area contributed by atoms with Gasteiger partial charge in [-0.1, -0.05) is 153 Å². The summed E-state index contributed by atoms with van der Waals surface area (Å²) in [4.78, 5) is 4.89. The number of hydrogen-bond donors (Lipinski definition) is 0. The molecule has 3 nitrogen and oxygen atoms in total. The number of nitrogens with zero attached hydrogens (tertiary/aromatic N) is 2. The highest BCUT2D eigenvalue weighted by Gasteiger charge is 2.47. The third kappa shape index (κ3) is 4.46. The molecule has 3 aliphatic rings. The van der Waals surface area contributed by atoms with Crippen molar-refractivity contribution in [3.63, 3.8) is 0 Å². The monoisotopic (exact) mass is 720 g/mol. The smallest absolute Gasteiger partial charge is 0.151 e. The molecule has 0 saturated heterocycles. The molecule has 0 saturated carbocycles. The molecule has 2 heterocycles. The fourth-order valence-corrected chi connectivity index (χ4v) is 9.93. The van der Waals surface area contributed by atoms with Gasteiger partial charge in [-0.05, 0) is 106 Å². The fourth-order valence-electron chi connectivity index (χ4n) is 9.93. The van der Waals surface area contributed by atoms with Gasteiger partial charge >= 0.3 is 0 Å². The summed E-state index contributed by atoms with van der Waals surface area (Å²) in [6.45, 7) is 6.86. The average Bonchev–Trinajstić information content (AvgIpc) is 3.54. The zero-order valence-electron chi connectivity index (χ0n) is 31.7. The summed E-state index contributed by atoms with van der Waals surface area (Å²) in [5.74, 6) is 1.77. The van der Waals surface area contributed by atoms with Crippen LogP contribution in [0.3, 0.4) is 0 Å². The van der Waals surface area contributed by atoms with Gasteiger partial charge in [-0.25, -0.2) is 0 Å². The van der Waals surface area contributed by atoms with Crippen LogP contribution in [-0.4, -0.2) is 0 Å². The van der Waals surface area contributed by atoms with E-state index in [-0.39, 0.29) is 5.41 Å². The van der Waals surface area contributed by atoms with Crippen molar-refractivity contribution in [1.29, 1.82) is 0 Å². The van der Waals surface area contributed by atoms with Crippen molar-refractivity contribution in [2.45, 2.75) is 31.6 Å². The van der Waals surface area contributed by atoms with E-state index in [0.29, 0.717) is 0 Å². The van der Waals surface area contributed by atoms with Crippen LogP contribution < -0.4 is 14.5 Å². The lowest BCUT2D eigenvalue weighted by Crippen LogP contribution is -2.32. The normalized spacial score (nSPS) is 14.7. The van der Waals surface area contributed by atoms with Gasteiger partial charge in [-0.3, -0.25) is 0 Å². The van der Waals surface area contributed by atoms with Crippen molar-refractivity contribution in [1.82, 2.24) is 0 Å². The number of rotatable bonds is 5. The number of fused-ring (bicyclic) bond motifs is 7. The Hall–Kier alpha value is -6.84. The van der Waals surface area contributed by atoms with Gasteiger partial charge in [0.15, 0.2) is 11.5 Å². The van der Waals surface area contributed by atoms with Gasteiger partial charge in [-0.15, -0.1) is 0 Å². The third-order valence-corrected chi connectivity index (χ3v) is 12.4. The molecular weight excluding hydrogens is 681 g/mol. The van der Waals surface area contributed by atoms with Gasteiger partial charge in [0.2, 0.25) is 0 Å². The van der Waals surface area contributed by atoms with Gasteiger partial charge in [-0.2, -0.15) is 0 Å². The Morgan fingerprint density at radius 1 is 0.446 bits per heavy atom. The minimum atomic E-state index is -0.498. The van der Waals surface area contributed by atoms with E-state index in [0.717, 1.165) is 39.9 Å². The van der Waals surface area contributed by atoms with E-state index < -0.39 is 5.41 Å². The van der Waals surface area contributed by atoms with Crippen LogP contribution in [0.15, 0.2) is 188 Å². The van der Waals surface area contributed by atoms with Crippen LogP contribution in [0.2, 0.25) is 0 Å². The standard InChI is InChI=1S/C53H40N2O/c1-35-17-15-27-48-50(35)55-47-34-40(30-32-44(47)52(2,3)45-26-16-28-49(56-48)51(45)55)54(38-22-11-6-12-23-38)39-29-31-42-41-24-13-14-25-43(41)53(46(42)33-39,36-18-7-4-8-19-36)37-20-9-5-10-21-37/h4-34H,1-3H3. The second-order valence-electron chi connectivity index (χ2n) is 15.8. The summed E-state index contributed by atoms with van der Waals surface area (Å²) in [6, 6.07) is 68.9. The molecule has 0 aromatic heterocycles. The topological polar surface area (TPSA) is 15.7 Å². The number of hydrogen-bond acceptors (Lipinski definition) is 3. The first-order chi connectivity index (χ1) is 27.5. The van der Waals surface area contributed by atoms with Gasteiger partial charge < -0.3 is 14.5 Å². The second kappa shape index (κ2) is 12.1. The van der Waals surface area contributed by atoms with Crippen molar-refractivity contribution >= 4 is 34.1 Å². The Bertz CT molecular complexity index is 2790. The molecule has 11 rings (SSSR count). The maximum Gasteiger partial charge on any atom is 0.151 e. The molecule has 56 heavy (non-hydrogen) atoms. The van der Waals surface area contributed by atoms with E-state index in [2.05, 4.69) is 219 Å². The fraction of sp³-hybridized carbons (Fsp3) is 0.0943. The number of benzene rings is 8.